The van der Waals surface area contributed by atoms with Crippen LogP contribution in [0.1, 0.15) is 36.0 Å². The number of hydrogen-bond acceptors (Lipinski definition) is 1. The smallest absolute Gasteiger partial charge is 0.254 e. The van der Waals surface area contributed by atoms with Gasteiger partial charge in [0.05, 0.1) is 5.56 Å². The molecule has 0 heterocycles. The van der Waals surface area contributed by atoms with Crippen LogP contribution in [0, 0.1) is 5.82 Å². The maximum Gasteiger partial charge on any atom is 0.254 e. The minimum absolute atomic E-state index is 0.0878. The van der Waals surface area contributed by atoms with E-state index in [2.05, 4.69) is 27.3 Å². The summed E-state index contributed by atoms with van der Waals surface area (Å²) in [4.78, 5) is 11.8. The molecule has 2 nitrogen and oxygen atoms in total. The highest BCUT2D eigenvalue weighted by molar-refractivity contribution is 9.10. The van der Waals surface area contributed by atoms with Crippen molar-refractivity contribution in [3.63, 3.8) is 0 Å². The van der Waals surface area contributed by atoms with Gasteiger partial charge in [0.2, 0.25) is 0 Å². The van der Waals surface area contributed by atoms with E-state index in [0.717, 1.165) is 19.3 Å². The molecule has 1 amide bonds. The molecule has 0 atom stereocenters. The Hall–Kier alpha value is -1.16. The van der Waals surface area contributed by atoms with Crippen molar-refractivity contribution in [2.24, 2.45) is 0 Å². The molecular formula is C14H15BrFNO. The van der Waals surface area contributed by atoms with E-state index >= 15 is 0 Å². The molecular weight excluding hydrogens is 297 g/mol. The molecule has 0 spiro atoms. The van der Waals surface area contributed by atoms with Gasteiger partial charge in [0.1, 0.15) is 5.82 Å². The lowest BCUT2D eigenvalue weighted by molar-refractivity contribution is 0.0950. The lowest BCUT2D eigenvalue weighted by Gasteiger charge is -2.07. The van der Waals surface area contributed by atoms with Crippen molar-refractivity contribution in [1.82, 2.24) is 5.32 Å². The van der Waals surface area contributed by atoms with Gasteiger partial charge in [0.15, 0.2) is 0 Å². The number of nitrogens with one attached hydrogen (secondary N) is 1. The van der Waals surface area contributed by atoms with Crippen molar-refractivity contribution in [3.8, 4) is 0 Å². The van der Waals surface area contributed by atoms with Crippen LogP contribution in [0.3, 0.4) is 0 Å². The summed E-state index contributed by atoms with van der Waals surface area (Å²) in [5.41, 5.74) is 1.48. The van der Waals surface area contributed by atoms with E-state index in [0.29, 0.717) is 11.0 Å². The first-order valence-electron chi connectivity index (χ1n) is 6.08. The van der Waals surface area contributed by atoms with Crippen LogP contribution in [0.5, 0.6) is 0 Å². The summed E-state index contributed by atoms with van der Waals surface area (Å²) in [6.45, 7) is 0.566. The zero-order chi connectivity index (χ0) is 13.0. The third-order valence-corrected chi connectivity index (χ3v) is 3.53. The number of carbonyl (C=O) groups excluding carboxylic acids is 1. The molecule has 4 heteroatoms. The molecule has 2 rings (SSSR count). The predicted octanol–water partition coefficient (Wildman–Crippen LogP) is 3.82. The zero-order valence-corrected chi connectivity index (χ0v) is 11.6. The number of hydrogen-bond donors (Lipinski definition) is 1. The Labute approximate surface area is 114 Å². The highest BCUT2D eigenvalue weighted by Gasteiger charge is 2.12. The molecule has 1 aromatic rings. The van der Waals surface area contributed by atoms with E-state index in [1.54, 1.807) is 6.07 Å². The Morgan fingerprint density at radius 2 is 2.28 bits per heavy atom. The predicted molar refractivity (Wildman–Crippen MR) is 73.0 cm³/mol. The second-order valence-corrected chi connectivity index (χ2v) is 5.30. The van der Waals surface area contributed by atoms with E-state index in [4.69, 9.17) is 0 Å². The second kappa shape index (κ2) is 6.14. The minimum atomic E-state index is -0.490. The Balaban J connectivity index is 1.89. The summed E-state index contributed by atoms with van der Waals surface area (Å²) >= 11 is 3.23. The molecule has 18 heavy (non-hydrogen) atoms. The molecule has 0 bridgehead atoms. The fraction of sp³-hybridized carbons (Fsp3) is 0.357. The van der Waals surface area contributed by atoms with E-state index in [9.17, 15) is 9.18 Å². The fourth-order valence-electron chi connectivity index (χ4n) is 2.07. The van der Waals surface area contributed by atoms with Crippen molar-refractivity contribution in [2.75, 3.05) is 6.54 Å². The first-order valence-corrected chi connectivity index (χ1v) is 6.87. The van der Waals surface area contributed by atoms with Gasteiger partial charge in [-0.3, -0.25) is 4.79 Å². The van der Waals surface area contributed by atoms with Gasteiger partial charge in [0, 0.05) is 11.0 Å². The molecule has 0 unspecified atom stereocenters. The standard InChI is InChI=1S/C14H15BrFNO/c15-11-5-6-13(16)12(9-11)14(18)17-8-7-10-3-1-2-4-10/h3,5-6,9H,1-2,4,7-8H2,(H,17,18). The van der Waals surface area contributed by atoms with Gasteiger partial charge in [0.25, 0.3) is 5.91 Å². The summed E-state index contributed by atoms with van der Waals surface area (Å²) in [6.07, 6.45) is 6.57. The number of amides is 1. The maximum atomic E-state index is 13.5. The van der Waals surface area contributed by atoms with Gasteiger partial charge in [-0.15, -0.1) is 0 Å². The van der Waals surface area contributed by atoms with Gasteiger partial charge in [-0.2, -0.15) is 0 Å². The third-order valence-electron chi connectivity index (χ3n) is 3.04. The average molecular weight is 312 g/mol. The van der Waals surface area contributed by atoms with Crippen molar-refractivity contribution in [1.29, 1.82) is 0 Å². The molecule has 0 fully saturated rings. The summed E-state index contributed by atoms with van der Waals surface area (Å²) in [5.74, 6) is -0.844. The molecule has 1 aliphatic rings. The normalized spacial score (nSPS) is 14.4. The molecule has 0 aliphatic heterocycles. The maximum absolute atomic E-state index is 13.5. The van der Waals surface area contributed by atoms with Gasteiger partial charge in [-0.25, -0.2) is 4.39 Å². The summed E-state index contributed by atoms with van der Waals surface area (Å²) in [6, 6.07) is 4.37. The first kappa shape index (κ1) is 13.3. The number of allylic oxidation sites excluding steroid dienone is 1. The Kier molecular flexibility index (Phi) is 4.53. The fourth-order valence-corrected chi connectivity index (χ4v) is 2.43. The topological polar surface area (TPSA) is 29.1 Å². The molecule has 1 aromatic carbocycles. The van der Waals surface area contributed by atoms with Crippen LogP contribution in [-0.4, -0.2) is 12.5 Å². The largest absolute Gasteiger partial charge is 0.352 e. The Morgan fingerprint density at radius 3 is 3.00 bits per heavy atom. The molecule has 1 N–H and O–H groups in total. The van der Waals surface area contributed by atoms with Gasteiger partial charge in [-0.05, 0) is 43.9 Å². The van der Waals surface area contributed by atoms with Crippen LogP contribution in [0.25, 0.3) is 0 Å². The van der Waals surface area contributed by atoms with Gasteiger partial charge >= 0.3 is 0 Å². The first-order chi connectivity index (χ1) is 8.66. The summed E-state index contributed by atoms with van der Waals surface area (Å²) in [7, 11) is 0. The summed E-state index contributed by atoms with van der Waals surface area (Å²) < 4.78 is 14.2. The highest BCUT2D eigenvalue weighted by atomic mass is 79.9. The number of benzene rings is 1. The number of carbonyl (C=O) groups is 1. The van der Waals surface area contributed by atoms with Crippen LogP contribution in [0.15, 0.2) is 34.3 Å². The Bertz CT molecular complexity index is 485. The monoisotopic (exact) mass is 311 g/mol. The SMILES string of the molecule is O=C(NCCC1=CCCC1)c1cc(Br)ccc1F. The lowest BCUT2D eigenvalue weighted by atomic mass is 10.1. The van der Waals surface area contributed by atoms with E-state index in [-0.39, 0.29) is 11.5 Å². The average Bonchev–Trinajstić information content (AvgIpc) is 2.85. The van der Waals surface area contributed by atoms with Gasteiger partial charge in [-0.1, -0.05) is 27.6 Å². The van der Waals surface area contributed by atoms with Crippen molar-refractivity contribution in [2.45, 2.75) is 25.7 Å². The molecule has 1 aliphatic carbocycles. The van der Waals surface area contributed by atoms with E-state index < -0.39 is 5.82 Å². The van der Waals surface area contributed by atoms with Crippen LogP contribution in [0.4, 0.5) is 4.39 Å². The Morgan fingerprint density at radius 1 is 1.44 bits per heavy atom. The van der Waals surface area contributed by atoms with Crippen LogP contribution in [0.2, 0.25) is 0 Å². The molecule has 0 saturated carbocycles. The zero-order valence-electron chi connectivity index (χ0n) is 10.0. The van der Waals surface area contributed by atoms with E-state index in [1.807, 2.05) is 0 Å². The van der Waals surface area contributed by atoms with Crippen molar-refractivity contribution in [3.05, 3.63) is 45.7 Å². The number of rotatable bonds is 4. The minimum Gasteiger partial charge on any atom is -0.352 e. The quantitative estimate of drug-likeness (QED) is 0.842. The third kappa shape index (κ3) is 3.42. The van der Waals surface area contributed by atoms with Crippen LogP contribution >= 0.6 is 15.9 Å². The molecule has 0 saturated heterocycles. The highest BCUT2D eigenvalue weighted by Crippen LogP contribution is 2.20. The van der Waals surface area contributed by atoms with Crippen molar-refractivity contribution < 1.29 is 9.18 Å². The van der Waals surface area contributed by atoms with E-state index in [1.165, 1.54) is 24.1 Å². The second-order valence-electron chi connectivity index (χ2n) is 4.38. The van der Waals surface area contributed by atoms with Gasteiger partial charge < -0.3 is 5.32 Å². The van der Waals surface area contributed by atoms with Crippen LogP contribution in [-0.2, 0) is 0 Å². The molecule has 0 aromatic heterocycles. The van der Waals surface area contributed by atoms with Crippen LogP contribution < -0.4 is 5.32 Å². The van der Waals surface area contributed by atoms with Crippen molar-refractivity contribution >= 4 is 21.8 Å². The lowest BCUT2D eigenvalue weighted by Crippen LogP contribution is -2.25. The number of halogens is 2. The molecule has 96 valence electrons. The summed E-state index contributed by atoms with van der Waals surface area (Å²) in [5, 5.41) is 2.75. The molecule has 0 radical (unpaired) electrons.